The lowest BCUT2D eigenvalue weighted by atomic mass is 9.95. The molecule has 0 N–H and O–H groups in total. The van der Waals surface area contributed by atoms with Crippen LogP contribution in [0.2, 0.25) is 0 Å². The van der Waals surface area contributed by atoms with E-state index in [1.165, 1.54) is 21.2 Å². The standard InChI is InChI=1S/C49H42O2P2/c1-37-32-40(48(35-46(50)38-20-8-2-9-21-38)52(42-24-12-4-13-25-42)43-26-14-5-15-27-43)34-41(33-37)49(36-47(51)39-22-10-3-11-23-39)53(44-28-16-6-17-29-44)45-30-18-7-19-31-45/h2-34,48-49H,35-36H2,1H3. The molecular formula is C49H42O2P2. The zero-order valence-electron chi connectivity index (χ0n) is 29.8. The number of aryl methyl sites for hydroxylation is 1. The first-order chi connectivity index (χ1) is 26.0. The molecule has 0 saturated heterocycles. The van der Waals surface area contributed by atoms with Crippen LogP contribution >= 0.6 is 15.8 Å². The molecule has 53 heavy (non-hydrogen) atoms. The first-order valence-corrected chi connectivity index (χ1v) is 20.9. The maximum atomic E-state index is 14.2. The van der Waals surface area contributed by atoms with Gasteiger partial charge in [-0.3, -0.25) is 9.59 Å². The van der Waals surface area contributed by atoms with Gasteiger partial charge in [-0.05, 0) is 55.1 Å². The summed E-state index contributed by atoms with van der Waals surface area (Å²) in [7, 11) is -1.99. The van der Waals surface area contributed by atoms with Gasteiger partial charge in [0.05, 0.1) is 0 Å². The Hall–Kier alpha value is -5.26. The molecule has 0 aromatic heterocycles. The molecule has 0 radical (unpaired) electrons. The van der Waals surface area contributed by atoms with Crippen molar-refractivity contribution in [3.8, 4) is 0 Å². The number of benzene rings is 7. The molecule has 2 atom stereocenters. The SMILES string of the molecule is Cc1cc(C(CC(=O)c2ccccc2)P(c2ccccc2)c2ccccc2)cc(C(CC(=O)c2ccccc2)P(c2ccccc2)c2ccccc2)c1. The predicted octanol–water partition coefficient (Wildman–Crippen LogP) is 10.9. The Labute approximate surface area is 316 Å². The second kappa shape index (κ2) is 17.5. The van der Waals surface area contributed by atoms with E-state index < -0.39 is 15.8 Å². The summed E-state index contributed by atoms with van der Waals surface area (Å²) >= 11 is 0. The van der Waals surface area contributed by atoms with Gasteiger partial charge in [-0.25, -0.2) is 0 Å². The van der Waals surface area contributed by atoms with Crippen molar-refractivity contribution in [1.29, 1.82) is 0 Å². The third kappa shape index (κ3) is 8.86. The van der Waals surface area contributed by atoms with E-state index in [2.05, 4.69) is 146 Å². The van der Waals surface area contributed by atoms with Crippen LogP contribution in [-0.4, -0.2) is 11.6 Å². The molecule has 0 aliphatic rings. The molecule has 2 nitrogen and oxygen atoms in total. The van der Waals surface area contributed by atoms with E-state index in [1.54, 1.807) is 0 Å². The normalized spacial score (nSPS) is 12.4. The highest BCUT2D eigenvalue weighted by Gasteiger charge is 2.33. The van der Waals surface area contributed by atoms with E-state index >= 15 is 0 Å². The summed E-state index contributed by atoms with van der Waals surface area (Å²) in [5.41, 5.74) is 4.64. The average Bonchev–Trinajstić information content (AvgIpc) is 3.22. The minimum Gasteiger partial charge on any atom is -0.294 e. The summed E-state index contributed by atoms with van der Waals surface area (Å²) in [6, 6.07) is 68.9. The quantitative estimate of drug-likeness (QED) is 0.0827. The summed E-state index contributed by atoms with van der Waals surface area (Å²) in [4.78, 5) is 28.5. The van der Waals surface area contributed by atoms with E-state index in [-0.39, 0.29) is 22.9 Å². The maximum absolute atomic E-state index is 14.2. The first-order valence-electron chi connectivity index (χ1n) is 18.1. The monoisotopic (exact) mass is 724 g/mol. The van der Waals surface area contributed by atoms with Crippen LogP contribution in [0.25, 0.3) is 0 Å². The minimum absolute atomic E-state index is 0.105. The van der Waals surface area contributed by atoms with Gasteiger partial charge in [0.2, 0.25) is 0 Å². The third-order valence-corrected chi connectivity index (χ3v) is 15.2. The Bertz CT molecular complexity index is 1990. The summed E-state index contributed by atoms with van der Waals surface area (Å²) in [6.07, 6.45) is 0.726. The van der Waals surface area contributed by atoms with Crippen molar-refractivity contribution in [3.63, 3.8) is 0 Å². The van der Waals surface area contributed by atoms with Crippen molar-refractivity contribution in [1.82, 2.24) is 0 Å². The van der Waals surface area contributed by atoms with Gasteiger partial charge in [-0.2, -0.15) is 0 Å². The van der Waals surface area contributed by atoms with Gasteiger partial charge in [0.15, 0.2) is 11.6 Å². The molecule has 0 heterocycles. The van der Waals surface area contributed by atoms with Gasteiger partial charge in [0, 0.05) is 35.3 Å². The van der Waals surface area contributed by atoms with Crippen LogP contribution in [0.15, 0.2) is 200 Å². The lowest BCUT2D eigenvalue weighted by molar-refractivity contribution is 0.0974. The van der Waals surface area contributed by atoms with Crippen molar-refractivity contribution in [2.24, 2.45) is 0 Å². The first kappa shape index (κ1) is 36.1. The fourth-order valence-corrected chi connectivity index (χ4v) is 12.8. The van der Waals surface area contributed by atoms with Crippen LogP contribution in [0.5, 0.6) is 0 Å². The Kier molecular flexibility index (Phi) is 11.9. The minimum atomic E-state index is -0.996. The van der Waals surface area contributed by atoms with Crippen LogP contribution in [0.1, 0.15) is 61.6 Å². The average molecular weight is 725 g/mol. The number of carbonyl (C=O) groups excluding carboxylic acids is 2. The number of rotatable bonds is 14. The molecule has 0 amide bonds. The fourth-order valence-electron chi connectivity index (χ4n) is 7.15. The number of Topliss-reactive ketones (excluding diaryl/α,β-unsaturated/α-hetero) is 2. The summed E-state index contributed by atoms with van der Waals surface area (Å²) in [5, 5.41) is 4.92. The Morgan fingerprint density at radius 2 is 0.660 bits per heavy atom. The van der Waals surface area contributed by atoms with Gasteiger partial charge in [-0.15, -0.1) is 0 Å². The lowest BCUT2D eigenvalue weighted by Crippen LogP contribution is -2.21. The van der Waals surface area contributed by atoms with Gasteiger partial charge in [-0.1, -0.05) is 206 Å². The number of carbonyl (C=O) groups is 2. The lowest BCUT2D eigenvalue weighted by Gasteiger charge is -2.32. The topological polar surface area (TPSA) is 34.1 Å². The second-order valence-electron chi connectivity index (χ2n) is 13.3. The molecule has 7 aromatic carbocycles. The molecule has 0 fully saturated rings. The smallest absolute Gasteiger partial charge is 0.163 e. The number of hydrogen-bond donors (Lipinski definition) is 0. The second-order valence-corrected chi connectivity index (χ2v) is 18.1. The molecule has 0 aliphatic heterocycles. The molecule has 0 spiro atoms. The van der Waals surface area contributed by atoms with E-state index in [4.69, 9.17) is 0 Å². The van der Waals surface area contributed by atoms with Crippen molar-refractivity contribution < 1.29 is 9.59 Å². The zero-order valence-corrected chi connectivity index (χ0v) is 31.6. The molecule has 4 heteroatoms. The van der Waals surface area contributed by atoms with Crippen molar-refractivity contribution in [2.75, 3.05) is 0 Å². The zero-order chi connectivity index (χ0) is 36.4. The summed E-state index contributed by atoms with van der Waals surface area (Å²) < 4.78 is 0. The summed E-state index contributed by atoms with van der Waals surface area (Å²) in [6.45, 7) is 2.15. The molecule has 2 unspecified atom stereocenters. The predicted molar refractivity (Wildman–Crippen MR) is 226 cm³/mol. The highest BCUT2D eigenvalue weighted by molar-refractivity contribution is 7.73. The van der Waals surface area contributed by atoms with E-state index in [1.807, 2.05) is 60.7 Å². The molecule has 7 aromatic rings. The van der Waals surface area contributed by atoms with Gasteiger partial charge in [0.25, 0.3) is 0 Å². The molecule has 0 saturated carbocycles. The van der Waals surface area contributed by atoms with Crippen LogP contribution in [0.3, 0.4) is 0 Å². The highest BCUT2D eigenvalue weighted by Crippen LogP contribution is 2.55. The Balaban J connectivity index is 1.42. The van der Waals surface area contributed by atoms with E-state index in [0.717, 1.165) is 27.8 Å². The number of hydrogen-bond acceptors (Lipinski definition) is 2. The van der Waals surface area contributed by atoms with E-state index in [9.17, 15) is 9.59 Å². The Morgan fingerprint density at radius 1 is 0.396 bits per heavy atom. The van der Waals surface area contributed by atoms with Gasteiger partial charge >= 0.3 is 0 Å². The van der Waals surface area contributed by atoms with Crippen LogP contribution in [-0.2, 0) is 0 Å². The van der Waals surface area contributed by atoms with Crippen LogP contribution in [0.4, 0.5) is 0 Å². The van der Waals surface area contributed by atoms with Crippen LogP contribution in [0, 0.1) is 6.92 Å². The fraction of sp³-hybridized carbons (Fsp3) is 0.102. The molecular weight excluding hydrogens is 682 g/mol. The Morgan fingerprint density at radius 3 is 0.943 bits per heavy atom. The molecule has 0 bridgehead atoms. The van der Waals surface area contributed by atoms with Crippen molar-refractivity contribution in [3.05, 3.63) is 228 Å². The van der Waals surface area contributed by atoms with E-state index in [0.29, 0.717) is 12.8 Å². The molecule has 0 aliphatic carbocycles. The maximum Gasteiger partial charge on any atom is 0.163 e. The molecule has 260 valence electrons. The van der Waals surface area contributed by atoms with Gasteiger partial charge < -0.3 is 0 Å². The third-order valence-electron chi connectivity index (χ3n) is 9.60. The largest absolute Gasteiger partial charge is 0.294 e. The summed E-state index contributed by atoms with van der Waals surface area (Å²) in [5.74, 6) is 0.259. The highest BCUT2D eigenvalue weighted by atomic mass is 31.1. The van der Waals surface area contributed by atoms with Gasteiger partial charge in [0.1, 0.15) is 0 Å². The molecule has 7 rings (SSSR count). The number of ketones is 2. The van der Waals surface area contributed by atoms with Crippen molar-refractivity contribution in [2.45, 2.75) is 31.1 Å². The van der Waals surface area contributed by atoms with Crippen LogP contribution < -0.4 is 21.2 Å². The van der Waals surface area contributed by atoms with Crippen molar-refractivity contribution >= 4 is 48.6 Å².